The largest absolute Gasteiger partial charge is 0.460 e. The Labute approximate surface area is 233 Å². The number of benzene rings is 1. The summed E-state index contributed by atoms with van der Waals surface area (Å²) < 4.78 is 9.43. The first-order chi connectivity index (χ1) is 19.6. The molecular weight excluding hydrogens is 530 g/mol. The van der Waals surface area contributed by atoms with Crippen molar-refractivity contribution in [3.8, 4) is 0 Å². The molecule has 13 heteroatoms. The van der Waals surface area contributed by atoms with E-state index in [0.717, 1.165) is 10.3 Å². The molecule has 1 atom stereocenters. The van der Waals surface area contributed by atoms with Crippen LogP contribution in [0.15, 0.2) is 81.5 Å². The van der Waals surface area contributed by atoms with Crippen molar-refractivity contribution in [1.29, 1.82) is 0 Å². The molecule has 0 saturated heterocycles. The predicted octanol–water partition coefficient (Wildman–Crippen LogP) is 2.37. The minimum absolute atomic E-state index is 0.120. The first-order valence-electron chi connectivity index (χ1n) is 12.7. The lowest BCUT2D eigenvalue weighted by molar-refractivity contribution is -0.384. The van der Waals surface area contributed by atoms with E-state index in [1.54, 1.807) is 44.4 Å². The zero-order valence-electron chi connectivity index (χ0n) is 22.8. The smallest absolute Gasteiger partial charge is 0.336 e. The minimum Gasteiger partial charge on any atom is -0.460 e. The van der Waals surface area contributed by atoms with Crippen molar-refractivity contribution in [3.63, 3.8) is 0 Å². The molecule has 1 aromatic carbocycles. The van der Waals surface area contributed by atoms with Crippen LogP contribution < -0.4 is 16.6 Å². The average Bonchev–Trinajstić information content (AvgIpc) is 3.35. The lowest BCUT2D eigenvalue weighted by atomic mass is 9.79. The minimum atomic E-state index is -0.736. The Hall–Kier alpha value is -5.33. The second-order valence-electron chi connectivity index (χ2n) is 9.66. The van der Waals surface area contributed by atoms with Crippen molar-refractivity contribution in [1.82, 2.24) is 29.0 Å². The van der Waals surface area contributed by atoms with Crippen molar-refractivity contribution in [2.24, 2.45) is 14.1 Å². The van der Waals surface area contributed by atoms with Gasteiger partial charge >= 0.3 is 11.7 Å². The first-order valence-corrected chi connectivity index (χ1v) is 12.7. The number of nitro benzene ring substituents is 1. The van der Waals surface area contributed by atoms with Gasteiger partial charge in [-0.3, -0.25) is 29.0 Å². The lowest BCUT2D eigenvalue weighted by Crippen LogP contribution is -2.40. The number of imidazole rings is 1. The van der Waals surface area contributed by atoms with Gasteiger partial charge in [0.15, 0.2) is 11.2 Å². The summed E-state index contributed by atoms with van der Waals surface area (Å²) in [5, 5.41) is 14.8. The number of dihydropyridines is 1. The van der Waals surface area contributed by atoms with E-state index in [0.29, 0.717) is 22.5 Å². The van der Waals surface area contributed by atoms with E-state index >= 15 is 0 Å². The van der Waals surface area contributed by atoms with Crippen LogP contribution >= 0.6 is 0 Å². The molecule has 0 bridgehead atoms. The van der Waals surface area contributed by atoms with Crippen molar-refractivity contribution in [2.45, 2.75) is 26.3 Å². The fourth-order valence-corrected chi connectivity index (χ4v) is 5.18. The van der Waals surface area contributed by atoms with Crippen LogP contribution in [0.25, 0.3) is 16.7 Å². The van der Waals surface area contributed by atoms with Crippen molar-refractivity contribution >= 4 is 28.4 Å². The second-order valence-corrected chi connectivity index (χ2v) is 9.66. The molecule has 1 N–H and O–H groups in total. The molecule has 13 nitrogen and oxygen atoms in total. The van der Waals surface area contributed by atoms with E-state index in [9.17, 15) is 24.5 Å². The van der Waals surface area contributed by atoms with Crippen LogP contribution in [0.1, 0.15) is 31.0 Å². The first kappa shape index (κ1) is 27.2. The standard InChI is InChI=1S/C28H27N7O6/c1-16-21(20-10-5-6-11-29-20)23(18-8-7-9-19(14-18)35(39)40)22(17(2)31-16)27(37)41-13-12-34-26(36)24-25(30-15-32(24)3)33(4)28(34)38/h5-11,14-15,23,31H,12-13H2,1-4H3. The van der Waals surface area contributed by atoms with Gasteiger partial charge in [0.1, 0.15) is 6.61 Å². The number of carbonyl (C=O) groups is 1. The highest BCUT2D eigenvalue weighted by Crippen LogP contribution is 2.43. The van der Waals surface area contributed by atoms with E-state index in [1.807, 2.05) is 13.0 Å². The normalized spacial score (nSPS) is 15.3. The van der Waals surface area contributed by atoms with E-state index in [4.69, 9.17) is 4.74 Å². The summed E-state index contributed by atoms with van der Waals surface area (Å²) >= 11 is 0. The maximum atomic E-state index is 13.7. The van der Waals surface area contributed by atoms with Crippen LogP contribution in [0.4, 0.5) is 5.69 Å². The number of nitro groups is 1. The van der Waals surface area contributed by atoms with Crippen molar-refractivity contribution in [3.05, 3.63) is 114 Å². The number of nitrogens with one attached hydrogen (secondary N) is 1. The summed E-state index contributed by atoms with van der Waals surface area (Å²) in [5.74, 6) is -1.43. The quantitative estimate of drug-likeness (QED) is 0.205. The molecule has 0 spiro atoms. The Kier molecular flexibility index (Phi) is 7.10. The van der Waals surface area contributed by atoms with E-state index < -0.39 is 28.1 Å². The van der Waals surface area contributed by atoms with Gasteiger partial charge < -0.3 is 14.6 Å². The maximum Gasteiger partial charge on any atom is 0.336 e. The highest BCUT2D eigenvalue weighted by atomic mass is 16.6. The number of ether oxygens (including phenoxy) is 1. The fourth-order valence-electron chi connectivity index (χ4n) is 5.18. The third kappa shape index (κ3) is 4.81. The SMILES string of the molecule is CC1=C(C(=O)OCCn2c(=O)c3c(ncn3C)n(C)c2=O)C(c2cccc([N+](=O)[O-])c2)C(c2ccccn2)=C(C)N1. The van der Waals surface area contributed by atoms with Gasteiger partial charge in [-0.15, -0.1) is 0 Å². The summed E-state index contributed by atoms with van der Waals surface area (Å²) in [4.78, 5) is 59.2. The molecule has 1 aliphatic rings. The van der Waals surface area contributed by atoms with Gasteiger partial charge in [-0.25, -0.2) is 14.6 Å². The van der Waals surface area contributed by atoms with Crippen molar-refractivity contribution < 1.29 is 14.5 Å². The van der Waals surface area contributed by atoms with Gasteiger partial charge in [-0.1, -0.05) is 18.2 Å². The number of hydrogen-bond donors (Lipinski definition) is 1. The van der Waals surface area contributed by atoms with Crippen LogP contribution in [0.3, 0.4) is 0 Å². The molecule has 0 aliphatic carbocycles. The van der Waals surface area contributed by atoms with Crippen LogP contribution in [-0.2, 0) is 30.2 Å². The summed E-state index contributed by atoms with van der Waals surface area (Å²) in [6, 6.07) is 11.5. The molecule has 0 saturated carbocycles. The van der Waals surface area contributed by atoms with Gasteiger partial charge in [-0.05, 0) is 31.5 Å². The molecule has 0 amide bonds. The predicted molar refractivity (Wildman–Crippen MR) is 150 cm³/mol. The number of nitrogens with zero attached hydrogens (tertiary/aromatic N) is 6. The number of fused-ring (bicyclic) bond motifs is 1. The number of pyridine rings is 1. The van der Waals surface area contributed by atoms with Gasteiger partial charge in [0.25, 0.3) is 11.2 Å². The van der Waals surface area contributed by atoms with Gasteiger partial charge in [0.2, 0.25) is 0 Å². The number of carbonyl (C=O) groups excluding carboxylic acids is 1. The number of aryl methyl sites for hydroxylation is 2. The molecule has 5 rings (SSSR count). The maximum absolute atomic E-state index is 13.7. The molecule has 41 heavy (non-hydrogen) atoms. The van der Waals surface area contributed by atoms with E-state index in [1.165, 1.54) is 34.6 Å². The Morgan fingerprint density at radius 2 is 1.88 bits per heavy atom. The molecule has 210 valence electrons. The summed E-state index contributed by atoms with van der Waals surface area (Å²) in [6.07, 6.45) is 3.07. The number of rotatable bonds is 7. The zero-order valence-corrected chi connectivity index (χ0v) is 22.8. The third-order valence-electron chi connectivity index (χ3n) is 7.08. The molecule has 3 aromatic heterocycles. The number of aromatic nitrogens is 5. The molecule has 4 heterocycles. The van der Waals surface area contributed by atoms with Crippen LogP contribution in [0.5, 0.6) is 0 Å². The average molecular weight is 558 g/mol. The third-order valence-corrected chi connectivity index (χ3v) is 7.08. The lowest BCUT2D eigenvalue weighted by Gasteiger charge is -2.31. The number of esters is 1. The highest BCUT2D eigenvalue weighted by Gasteiger charge is 2.36. The molecule has 0 fully saturated rings. The van der Waals surface area contributed by atoms with Crippen LogP contribution in [0.2, 0.25) is 0 Å². The van der Waals surface area contributed by atoms with E-state index in [-0.39, 0.29) is 35.6 Å². The Morgan fingerprint density at radius 1 is 1.10 bits per heavy atom. The summed E-state index contributed by atoms with van der Waals surface area (Å²) in [6.45, 7) is 3.12. The number of hydrogen-bond acceptors (Lipinski definition) is 9. The highest BCUT2D eigenvalue weighted by molar-refractivity contribution is 5.97. The van der Waals surface area contributed by atoms with Gasteiger partial charge in [0.05, 0.1) is 29.1 Å². The summed E-state index contributed by atoms with van der Waals surface area (Å²) in [5.41, 5.74) is 2.50. The fraction of sp³-hybridized carbons (Fsp3) is 0.250. The molecule has 1 unspecified atom stereocenters. The Balaban J connectivity index is 1.50. The Bertz CT molecular complexity index is 1880. The summed E-state index contributed by atoms with van der Waals surface area (Å²) in [7, 11) is 3.17. The van der Waals surface area contributed by atoms with E-state index in [2.05, 4.69) is 15.3 Å². The molecular formula is C28H27N7O6. The zero-order chi connectivity index (χ0) is 29.4. The van der Waals surface area contributed by atoms with Crippen molar-refractivity contribution in [2.75, 3.05) is 6.61 Å². The van der Waals surface area contributed by atoms with Crippen LogP contribution in [0, 0.1) is 10.1 Å². The second kappa shape index (κ2) is 10.7. The Morgan fingerprint density at radius 3 is 2.59 bits per heavy atom. The van der Waals surface area contributed by atoms with Gasteiger partial charge in [-0.2, -0.15) is 0 Å². The topological polar surface area (TPSA) is 156 Å². The monoisotopic (exact) mass is 557 g/mol. The number of allylic oxidation sites excluding steroid dienone is 3. The number of non-ortho nitro benzene ring substituents is 1. The van der Waals surface area contributed by atoms with Crippen LogP contribution in [-0.4, -0.2) is 41.2 Å². The molecule has 1 aliphatic heterocycles. The molecule has 0 radical (unpaired) electrons. The van der Waals surface area contributed by atoms with Gasteiger partial charge in [0, 0.05) is 55.3 Å². The molecule has 4 aromatic rings.